The Hall–Kier alpha value is -0.410. The van der Waals surface area contributed by atoms with Crippen molar-refractivity contribution in [2.24, 2.45) is 0 Å². The molecule has 0 unspecified atom stereocenters. The van der Waals surface area contributed by atoms with Crippen LogP contribution in [0.3, 0.4) is 0 Å². The summed E-state index contributed by atoms with van der Waals surface area (Å²) in [6, 6.07) is 0. The van der Waals surface area contributed by atoms with E-state index in [2.05, 4.69) is 11.8 Å². The van der Waals surface area contributed by atoms with Crippen LogP contribution in [0.5, 0.6) is 0 Å². The van der Waals surface area contributed by atoms with E-state index in [1.165, 1.54) is 19.3 Å². The van der Waals surface area contributed by atoms with E-state index < -0.39 is 0 Å². The van der Waals surface area contributed by atoms with Crippen LogP contribution in [-0.2, 0) is 9.53 Å². The fraction of sp³-hybridized carbons (Fsp3) is 0.900. The zero-order valence-electron chi connectivity index (χ0n) is 9.01. The molecule has 3 heteroatoms. The van der Waals surface area contributed by atoms with Crippen molar-refractivity contribution in [3.05, 3.63) is 0 Å². The number of Topliss-reactive ketones (excluding diaryl/α,β-unsaturated/α-hetero) is 1. The number of nitrogens with zero attached hydrogens (tertiary/aromatic N) is 1. The third-order valence-corrected chi connectivity index (χ3v) is 1.89. The third-order valence-electron chi connectivity index (χ3n) is 1.89. The van der Waals surface area contributed by atoms with Gasteiger partial charge in [0.2, 0.25) is 0 Å². The number of carbonyl (C=O) groups excluding carboxylic acids is 1. The maximum Gasteiger partial charge on any atom is 0.172 e. The third kappa shape index (κ3) is 7.94. The fourth-order valence-corrected chi connectivity index (χ4v) is 1.22. The van der Waals surface area contributed by atoms with Crippen molar-refractivity contribution in [1.82, 2.24) is 4.90 Å². The lowest BCUT2D eigenvalue weighted by Crippen LogP contribution is -2.28. The van der Waals surface area contributed by atoms with Gasteiger partial charge < -0.3 is 4.74 Å². The Bertz CT molecular complexity index is 137. The Morgan fingerprint density at radius 3 is 2.62 bits per heavy atom. The summed E-state index contributed by atoms with van der Waals surface area (Å²) in [5.41, 5.74) is 0. The van der Waals surface area contributed by atoms with Crippen molar-refractivity contribution in [3.63, 3.8) is 0 Å². The normalized spacial score (nSPS) is 10.8. The second kappa shape index (κ2) is 8.20. The molecule has 0 aliphatic carbocycles. The van der Waals surface area contributed by atoms with Crippen molar-refractivity contribution in [2.45, 2.75) is 26.2 Å². The number of carbonyl (C=O) groups is 1. The smallest absolute Gasteiger partial charge is 0.172 e. The van der Waals surface area contributed by atoms with Gasteiger partial charge in [-0.25, -0.2) is 0 Å². The van der Waals surface area contributed by atoms with Crippen LogP contribution in [0.15, 0.2) is 0 Å². The van der Waals surface area contributed by atoms with Gasteiger partial charge in [-0.15, -0.1) is 0 Å². The van der Waals surface area contributed by atoms with Crippen molar-refractivity contribution in [2.75, 3.05) is 33.9 Å². The molecule has 0 radical (unpaired) electrons. The fourth-order valence-electron chi connectivity index (χ4n) is 1.22. The quantitative estimate of drug-likeness (QED) is 0.537. The molecular weight excluding hydrogens is 166 g/mol. The number of ketones is 1. The topological polar surface area (TPSA) is 29.5 Å². The maximum absolute atomic E-state index is 11.1. The van der Waals surface area contributed by atoms with E-state index in [1.807, 2.05) is 7.05 Å². The van der Waals surface area contributed by atoms with Crippen LogP contribution in [-0.4, -0.2) is 44.5 Å². The van der Waals surface area contributed by atoms with Gasteiger partial charge in [0.15, 0.2) is 5.78 Å². The van der Waals surface area contributed by atoms with Gasteiger partial charge in [-0.3, -0.25) is 9.69 Å². The molecule has 0 saturated carbocycles. The highest BCUT2D eigenvalue weighted by molar-refractivity contribution is 5.81. The van der Waals surface area contributed by atoms with E-state index in [0.717, 1.165) is 6.54 Å². The molecular formula is C10H21NO2. The summed E-state index contributed by atoms with van der Waals surface area (Å²) in [6.07, 6.45) is 3.63. The molecule has 0 aromatic rings. The van der Waals surface area contributed by atoms with Crippen molar-refractivity contribution in [3.8, 4) is 0 Å². The second-order valence-electron chi connectivity index (χ2n) is 3.42. The van der Waals surface area contributed by atoms with Crippen LogP contribution < -0.4 is 0 Å². The average molecular weight is 187 g/mol. The Labute approximate surface area is 81.1 Å². The zero-order valence-corrected chi connectivity index (χ0v) is 9.01. The molecule has 0 aliphatic rings. The van der Waals surface area contributed by atoms with Crippen LogP contribution in [0.1, 0.15) is 26.2 Å². The molecule has 0 atom stereocenters. The summed E-state index contributed by atoms with van der Waals surface area (Å²) < 4.78 is 4.75. The summed E-state index contributed by atoms with van der Waals surface area (Å²) in [4.78, 5) is 13.2. The highest BCUT2D eigenvalue weighted by Gasteiger charge is 2.04. The maximum atomic E-state index is 11.1. The number of ether oxygens (including phenoxy) is 1. The summed E-state index contributed by atoms with van der Waals surface area (Å²) in [5, 5.41) is 0. The van der Waals surface area contributed by atoms with E-state index in [0.29, 0.717) is 6.54 Å². The minimum absolute atomic E-state index is 0.154. The van der Waals surface area contributed by atoms with Gasteiger partial charge in [0.25, 0.3) is 0 Å². The summed E-state index contributed by atoms with van der Waals surface area (Å²) in [5.74, 6) is 0.154. The minimum Gasteiger partial charge on any atom is -0.377 e. The molecule has 0 saturated heterocycles. The predicted molar refractivity (Wildman–Crippen MR) is 53.9 cm³/mol. The van der Waals surface area contributed by atoms with Crippen molar-refractivity contribution < 1.29 is 9.53 Å². The summed E-state index contributed by atoms with van der Waals surface area (Å²) >= 11 is 0. The van der Waals surface area contributed by atoms with Gasteiger partial charge in [0, 0.05) is 7.11 Å². The van der Waals surface area contributed by atoms with E-state index in [1.54, 1.807) is 7.11 Å². The standard InChI is InChI=1S/C10H21NO2/c1-4-5-6-7-11(2)8-10(12)9-13-3/h4-9H2,1-3H3. The van der Waals surface area contributed by atoms with Gasteiger partial charge in [0.1, 0.15) is 6.61 Å². The molecule has 0 aliphatic heterocycles. The summed E-state index contributed by atoms with van der Waals surface area (Å²) in [7, 11) is 3.53. The number of methoxy groups -OCH3 is 1. The molecule has 0 bridgehead atoms. The molecule has 3 nitrogen and oxygen atoms in total. The molecule has 0 aromatic heterocycles. The van der Waals surface area contributed by atoms with Gasteiger partial charge in [-0.05, 0) is 20.0 Å². The minimum atomic E-state index is 0.154. The number of hydrogen-bond donors (Lipinski definition) is 0. The monoisotopic (exact) mass is 187 g/mol. The first-order valence-corrected chi connectivity index (χ1v) is 4.89. The molecule has 78 valence electrons. The van der Waals surface area contributed by atoms with E-state index >= 15 is 0 Å². The number of rotatable bonds is 8. The Balaban J connectivity index is 3.38. The highest BCUT2D eigenvalue weighted by atomic mass is 16.5. The number of unbranched alkanes of at least 4 members (excludes halogenated alkanes) is 2. The van der Waals surface area contributed by atoms with Crippen LogP contribution >= 0.6 is 0 Å². The van der Waals surface area contributed by atoms with Crippen LogP contribution in [0.25, 0.3) is 0 Å². The van der Waals surface area contributed by atoms with Crippen LogP contribution in [0, 0.1) is 0 Å². The Morgan fingerprint density at radius 1 is 1.38 bits per heavy atom. The molecule has 13 heavy (non-hydrogen) atoms. The Kier molecular flexibility index (Phi) is 7.94. The van der Waals surface area contributed by atoms with Gasteiger partial charge >= 0.3 is 0 Å². The number of hydrogen-bond acceptors (Lipinski definition) is 3. The predicted octanol–water partition coefficient (Wildman–Crippen LogP) is 1.32. The van der Waals surface area contributed by atoms with Crippen LogP contribution in [0.2, 0.25) is 0 Å². The summed E-state index contributed by atoms with van der Waals surface area (Å²) in [6.45, 7) is 3.93. The van der Waals surface area contributed by atoms with E-state index in [4.69, 9.17) is 4.74 Å². The molecule has 0 rings (SSSR count). The van der Waals surface area contributed by atoms with Crippen molar-refractivity contribution in [1.29, 1.82) is 0 Å². The first-order chi connectivity index (χ1) is 6.20. The van der Waals surface area contributed by atoms with Gasteiger partial charge in [-0.2, -0.15) is 0 Å². The molecule has 0 aromatic carbocycles. The van der Waals surface area contributed by atoms with Gasteiger partial charge in [0.05, 0.1) is 6.54 Å². The first kappa shape index (κ1) is 12.6. The first-order valence-electron chi connectivity index (χ1n) is 4.89. The van der Waals surface area contributed by atoms with Gasteiger partial charge in [-0.1, -0.05) is 19.8 Å². The van der Waals surface area contributed by atoms with Crippen LogP contribution in [0.4, 0.5) is 0 Å². The zero-order chi connectivity index (χ0) is 10.1. The molecule has 0 fully saturated rings. The highest BCUT2D eigenvalue weighted by Crippen LogP contribution is 1.96. The molecule has 0 heterocycles. The molecule has 0 spiro atoms. The lowest BCUT2D eigenvalue weighted by atomic mass is 10.2. The molecule has 0 amide bonds. The molecule has 0 N–H and O–H groups in total. The lowest BCUT2D eigenvalue weighted by Gasteiger charge is -2.14. The second-order valence-corrected chi connectivity index (χ2v) is 3.42. The average Bonchev–Trinajstić information content (AvgIpc) is 2.05. The van der Waals surface area contributed by atoms with E-state index in [9.17, 15) is 4.79 Å². The number of likely N-dealkylation sites (N-methyl/N-ethyl adjacent to an activating group) is 1. The van der Waals surface area contributed by atoms with E-state index in [-0.39, 0.29) is 12.4 Å². The largest absolute Gasteiger partial charge is 0.377 e. The lowest BCUT2D eigenvalue weighted by molar-refractivity contribution is -0.123. The van der Waals surface area contributed by atoms with Crippen molar-refractivity contribution >= 4 is 5.78 Å². The Morgan fingerprint density at radius 2 is 2.08 bits per heavy atom. The SMILES string of the molecule is CCCCCN(C)CC(=O)COC.